The standard InChI is InChI=1S/2C15H20ClN3.6H3O4P/c2*1-3-19(4-2)10-9-18-14-7-8-17-15-11-12(16)5-6-13(14)15;6*1-5(2,3)4/h2*5-8,11H,3-4,9-10H2,1-2H3,(H,17,18);6*(H3,1,2,3,4). The van der Waals surface area contributed by atoms with E-state index in [4.69, 9.17) is 139 Å². The van der Waals surface area contributed by atoms with Crippen LogP contribution in [0.25, 0.3) is 21.8 Å². The molecule has 2 heterocycles. The number of halogens is 2. The number of benzene rings is 2. The molecule has 0 fully saturated rings. The zero-order chi connectivity index (χ0) is 54.3. The van der Waals surface area contributed by atoms with Crippen molar-refractivity contribution in [1.29, 1.82) is 0 Å². The number of fused-ring (bicyclic) bond motifs is 2. The zero-order valence-electron chi connectivity index (χ0n) is 36.2. The van der Waals surface area contributed by atoms with E-state index in [1.54, 1.807) is 9.80 Å². The maximum Gasteiger partial charge on any atom is 0.466 e. The topological polar surface area (TPSA) is 539 Å². The predicted octanol–water partition coefficient (Wildman–Crippen LogP) is -4.81. The molecule has 0 saturated carbocycles. The molecule has 0 spiro atoms. The first-order chi connectivity index (χ1) is 30.5. The van der Waals surface area contributed by atoms with Crippen molar-refractivity contribution in [3.8, 4) is 0 Å². The molecule has 0 saturated heterocycles. The molecule has 0 aliphatic carbocycles. The molecule has 4 rings (SSSR count). The Morgan fingerprint density at radius 3 is 0.897 bits per heavy atom. The number of rotatable bonds is 12. The van der Waals surface area contributed by atoms with Gasteiger partial charge in [0.1, 0.15) is 0 Å². The maximum absolute atomic E-state index is 8.88. The van der Waals surface area contributed by atoms with Crippen LogP contribution in [-0.2, 0) is 27.4 Å². The minimum absolute atomic E-state index is 0.758. The fourth-order valence-corrected chi connectivity index (χ4v) is 4.96. The van der Waals surface area contributed by atoms with E-state index in [2.05, 4.69) is 72.6 Å². The van der Waals surface area contributed by atoms with Crippen molar-refractivity contribution in [3.05, 3.63) is 71.0 Å². The molecule has 30 nitrogen and oxygen atoms in total. The highest BCUT2D eigenvalue weighted by Gasteiger charge is 2.10. The van der Waals surface area contributed by atoms with Crippen LogP contribution >= 0.6 is 70.1 Å². The third-order valence-electron chi connectivity index (χ3n) is 7.11. The molecule has 20 N–H and O–H groups in total. The van der Waals surface area contributed by atoms with Gasteiger partial charge < -0.3 is 109 Å². The molecule has 0 unspecified atom stereocenters. The third-order valence-corrected chi connectivity index (χ3v) is 7.58. The Bertz CT molecular complexity index is 2000. The minimum atomic E-state index is -4.89. The first kappa shape index (κ1) is 72.6. The average Bonchev–Trinajstić information content (AvgIpc) is 3.11. The van der Waals surface area contributed by atoms with Gasteiger partial charge in [-0.2, -0.15) is 0 Å². The van der Waals surface area contributed by atoms with E-state index < -0.39 is 46.9 Å². The number of phosphoric acid groups is 6. The van der Waals surface area contributed by atoms with E-state index >= 15 is 0 Å². The largest absolute Gasteiger partial charge is 0.756 e. The summed E-state index contributed by atoms with van der Waals surface area (Å²) in [5.41, 5.74) is 4.45. The molecule has 396 valence electrons. The maximum atomic E-state index is 8.88. The van der Waals surface area contributed by atoms with E-state index in [1.165, 1.54) is 37.0 Å². The van der Waals surface area contributed by atoms with Gasteiger partial charge in [0.15, 0.2) is 12.4 Å². The van der Waals surface area contributed by atoms with Crippen LogP contribution in [0.5, 0.6) is 0 Å². The molecule has 2 aromatic heterocycles. The van der Waals surface area contributed by atoms with Crippen molar-refractivity contribution in [1.82, 2.24) is 0 Å². The average molecular weight is 1140 g/mol. The Hall–Kier alpha value is -1.98. The number of H-pyrrole nitrogens is 2. The summed E-state index contributed by atoms with van der Waals surface area (Å²) in [6, 6.07) is 16.0. The second-order valence-electron chi connectivity index (χ2n) is 12.4. The van der Waals surface area contributed by atoms with E-state index in [0.29, 0.717) is 0 Å². The highest BCUT2D eigenvalue weighted by atomic mass is 35.5. The van der Waals surface area contributed by atoms with E-state index in [0.717, 1.165) is 58.6 Å². The molecule has 38 heteroatoms. The number of aromatic amines is 2. The van der Waals surface area contributed by atoms with Gasteiger partial charge in [-0.25, -0.2) is 19.1 Å². The van der Waals surface area contributed by atoms with Gasteiger partial charge in [-0.1, -0.05) is 23.2 Å². The third kappa shape index (κ3) is 62.0. The summed E-state index contributed by atoms with van der Waals surface area (Å²) in [6.07, 6.45) is 3.90. The van der Waals surface area contributed by atoms with Crippen LogP contribution < -0.4 is 50.0 Å². The smallest absolute Gasteiger partial charge is 0.466 e. The lowest BCUT2D eigenvalue weighted by Crippen LogP contribution is -3.12. The number of anilines is 2. The lowest BCUT2D eigenvalue weighted by Gasteiger charge is -2.16. The predicted molar refractivity (Wildman–Crippen MR) is 239 cm³/mol. The fraction of sp³-hybridized carbons (Fsp3) is 0.400. The second kappa shape index (κ2) is 36.0. The summed E-state index contributed by atoms with van der Waals surface area (Å²) in [6.45, 7) is 17.9. The molecule has 68 heavy (non-hydrogen) atoms. The van der Waals surface area contributed by atoms with Crippen molar-refractivity contribution in [3.63, 3.8) is 0 Å². The molecule has 2 aromatic carbocycles. The first-order valence-corrected chi connectivity index (χ1v) is 28.5. The normalized spacial score (nSPS) is 11.4. The highest BCUT2D eigenvalue weighted by molar-refractivity contribution is 7.45. The zero-order valence-corrected chi connectivity index (χ0v) is 43.1. The number of pyridine rings is 2. The molecule has 4 aromatic rings. The van der Waals surface area contributed by atoms with Crippen LogP contribution in [0.2, 0.25) is 10.0 Å². The molecule has 0 aliphatic rings. The van der Waals surface area contributed by atoms with Crippen LogP contribution in [-0.4, -0.2) is 121 Å². The summed E-state index contributed by atoms with van der Waals surface area (Å²) >= 11 is 12.0. The van der Waals surface area contributed by atoms with Crippen molar-refractivity contribution in [2.75, 3.05) is 63.0 Å². The Labute approximate surface area is 399 Å². The monoisotopic (exact) mass is 1140 g/mol. The summed E-state index contributed by atoms with van der Waals surface area (Å²) < 4.78 is 52.8. The number of aromatic nitrogens is 2. The fourth-order valence-electron chi connectivity index (χ4n) is 4.61. The van der Waals surface area contributed by atoms with Gasteiger partial charge in [0.05, 0.1) is 74.5 Å². The number of hydrogen-bond acceptors (Lipinski definition) is 12. The summed E-state index contributed by atoms with van der Waals surface area (Å²) in [7, 11) is -28.8. The quantitative estimate of drug-likeness (QED) is 0.0592. The number of nitrogens with one attached hydrogen (secondary N) is 6. The van der Waals surface area contributed by atoms with Gasteiger partial charge in [0.2, 0.25) is 11.0 Å². The van der Waals surface area contributed by atoms with Gasteiger partial charge in [-0.05, 0) is 52.0 Å². The summed E-state index contributed by atoms with van der Waals surface area (Å²) in [4.78, 5) is 144. The first-order valence-electron chi connectivity index (χ1n) is 18.5. The molecule has 0 atom stereocenters. The molecule has 0 bridgehead atoms. The van der Waals surface area contributed by atoms with Crippen molar-refractivity contribution in [2.45, 2.75) is 27.7 Å². The Balaban J connectivity index is -0.000000383. The minimum Gasteiger partial charge on any atom is -0.756 e. The summed E-state index contributed by atoms with van der Waals surface area (Å²) in [5.74, 6) is 0. The van der Waals surface area contributed by atoms with Crippen LogP contribution in [0.4, 0.5) is 11.4 Å². The van der Waals surface area contributed by atoms with Crippen molar-refractivity contribution in [2.24, 2.45) is 0 Å². The number of quaternary nitrogens is 2. The Kier molecular flexibility index (Phi) is 38.4. The van der Waals surface area contributed by atoms with E-state index in [-0.39, 0.29) is 0 Å². The molecule has 0 amide bonds. The lowest BCUT2D eigenvalue weighted by atomic mass is 10.2. The number of likely N-dealkylation sites (N-methyl/N-ethyl adjacent to an activating group) is 2. The molecule has 0 aliphatic heterocycles. The Morgan fingerprint density at radius 2 is 0.691 bits per heavy atom. The van der Waals surface area contributed by atoms with Crippen molar-refractivity contribution < 1.29 is 135 Å². The van der Waals surface area contributed by atoms with Crippen LogP contribution in [0, 0.1) is 0 Å². The van der Waals surface area contributed by atoms with Crippen molar-refractivity contribution >= 4 is 103 Å². The van der Waals surface area contributed by atoms with Crippen LogP contribution in [0.15, 0.2) is 60.9 Å². The van der Waals surface area contributed by atoms with Gasteiger partial charge >= 0.3 is 15.6 Å². The van der Waals surface area contributed by atoms with Crippen LogP contribution in [0.3, 0.4) is 0 Å². The highest BCUT2D eigenvalue weighted by Crippen LogP contribution is 2.27. The van der Waals surface area contributed by atoms with Gasteiger partial charge in [-0.15, -0.1) is 0 Å². The van der Waals surface area contributed by atoms with Gasteiger partial charge in [-0.3, -0.25) is 18.3 Å². The van der Waals surface area contributed by atoms with Gasteiger partial charge in [0.25, 0.3) is 31.3 Å². The SMILES string of the molecule is CC[NH+](CC)CCNc1cc[nH+]c2cc(Cl)ccc12.CC[NH+](CC)CCNc1cc[nH+]c2cc(Cl)ccc12.O=P(O)(O)O.O=P(O)(O)O.O=P([O-])(O)O.O=P([O-])(O)O.O=P([O-])(O)O.O=P([O-])(O)O. The lowest BCUT2D eigenvalue weighted by molar-refractivity contribution is -0.894. The van der Waals surface area contributed by atoms with Gasteiger partial charge in [0, 0.05) is 34.3 Å². The van der Waals surface area contributed by atoms with E-state index in [1.807, 2.05) is 36.7 Å². The van der Waals surface area contributed by atoms with Crippen LogP contribution in [0.1, 0.15) is 27.7 Å². The second-order valence-corrected chi connectivity index (χ2v) is 19.3. The molecule has 0 radical (unpaired) electrons. The molecular weight excluding hydrogens is 1090 g/mol. The summed E-state index contributed by atoms with van der Waals surface area (Å²) in [5, 5.41) is 10.9. The Morgan fingerprint density at radius 1 is 0.471 bits per heavy atom. The number of hydrogen-bond donors (Lipinski definition) is 18. The molecular formula is C30H58Cl2N6O24P6. The van der Waals surface area contributed by atoms with E-state index in [9.17, 15) is 0 Å².